The Morgan fingerprint density at radius 1 is 0.426 bits per heavy atom. The van der Waals surface area contributed by atoms with Crippen molar-refractivity contribution in [1.29, 1.82) is 0 Å². The first kappa shape index (κ1) is 65.6. The van der Waals surface area contributed by atoms with Gasteiger partial charge in [-0.25, -0.2) is 0 Å². The fraction of sp³-hybridized carbons (Fsp3) is 0.806. The molecule has 3 atom stereocenters. The van der Waals surface area contributed by atoms with Crippen LogP contribution in [-0.4, -0.2) is 46.9 Å². The Labute approximate surface area is 422 Å². The van der Waals surface area contributed by atoms with Crippen molar-refractivity contribution in [3.05, 3.63) is 60.8 Å². The Morgan fingerprint density at radius 2 is 0.750 bits per heavy atom. The van der Waals surface area contributed by atoms with Crippen molar-refractivity contribution in [3.8, 4) is 0 Å². The largest absolute Gasteiger partial charge is 0.462 e. The molecule has 0 aliphatic carbocycles. The second-order valence-electron chi connectivity index (χ2n) is 20.0. The Hall–Kier alpha value is -2.44. The van der Waals surface area contributed by atoms with Crippen LogP contribution in [0.2, 0.25) is 0 Å². The van der Waals surface area contributed by atoms with Gasteiger partial charge >= 0.3 is 5.97 Å². The highest BCUT2D eigenvalue weighted by molar-refractivity contribution is 5.77. The smallest absolute Gasteiger partial charge is 0.306 e. The molecular formula is C62H113NO5. The summed E-state index contributed by atoms with van der Waals surface area (Å²) in [6, 6.07) is -0.711. The summed E-state index contributed by atoms with van der Waals surface area (Å²) in [6.07, 6.45) is 69.9. The summed E-state index contributed by atoms with van der Waals surface area (Å²) in [4.78, 5) is 26.3. The number of carbonyl (C=O) groups excluding carboxylic acids is 2. The molecule has 0 spiro atoms. The molecule has 0 aliphatic rings. The van der Waals surface area contributed by atoms with E-state index < -0.39 is 18.2 Å². The minimum atomic E-state index is -0.796. The van der Waals surface area contributed by atoms with Gasteiger partial charge in [-0.05, 0) is 96.3 Å². The lowest BCUT2D eigenvalue weighted by Crippen LogP contribution is -2.46. The third-order valence-electron chi connectivity index (χ3n) is 13.3. The van der Waals surface area contributed by atoms with Crippen LogP contribution < -0.4 is 5.32 Å². The molecule has 0 saturated heterocycles. The summed E-state index contributed by atoms with van der Waals surface area (Å²) in [5.41, 5.74) is 0. The van der Waals surface area contributed by atoms with E-state index in [9.17, 15) is 19.8 Å². The van der Waals surface area contributed by atoms with E-state index in [1.165, 1.54) is 154 Å². The average Bonchev–Trinajstić information content (AvgIpc) is 3.33. The van der Waals surface area contributed by atoms with Gasteiger partial charge in [0.25, 0.3) is 0 Å². The number of unbranched alkanes of at least 4 members (excludes halogenated alkanes) is 31. The number of esters is 1. The molecule has 0 aromatic heterocycles. The molecule has 0 rings (SSSR count). The molecule has 0 fully saturated rings. The summed E-state index contributed by atoms with van der Waals surface area (Å²) in [6.45, 7) is 6.45. The fourth-order valence-electron chi connectivity index (χ4n) is 8.82. The monoisotopic (exact) mass is 952 g/mol. The number of rotatable bonds is 53. The summed E-state index contributed by atoms with van der Waals surface area (Å²) in [5.74, 6) is -0.498. The SMILES string of the molecule is CCCCC/C=C\C/C=C\C/C=C\CCCCCCC(=O)OC(CCCCCCCCC/C=C\C/C=C\CCCCC)CC(=O)NC(CO)C(O)CCCCCCCCCCCCCCCCC. The second-order valence-corrected chi connectivity index (χ2v) is 20.0. The maximum Gasteiger partial charge on any atom is 0.306 e. The molecule has 396 valence electrons. The molecule has 0 radical (unpaired) electrons. The highest BCUT2D eigenvalue weighted by atomic mass is 16.5. The Morgan fingerprint density at radius 3 is 1.16 bits per heavy atom. The van der Waals surface area contributed by atoms with Crippen LogP contribution in [0.1, 0.15) is 297 Å². The predicted molar refractivity (Wildman–Crippen MR) is 296 cm³/mol. The van der Waals surface area contributed by atoms with Crippen LogP contribution in [0.15, 0.2) is 60.8 Å². The first-order valence-electron chi connectivity index (χ1n) is 29.5. The molecule has 0 aromatic carbocycles. The van der Waals surface area contributed by atoms with E-state index in [1.807, 2.05) is 0 Å². The van der Waals surface area contributed by atoms with E-state index in [2.05, 4.69) is 86.8 Å². The Kier molecular flexibility index (Phi) is 53.5. The van der Waals surface area contributed by atoms with Crippen molar-refractivity contribution < 1.29 is 24.5 Å². The number of amides is 1. The molecule has 0 heterocycles. The highest BCUT2D eigenvalue weighted by Crippen LogP contribution is 2.18. The minimum absolute atomic E-state index is 0.0629. The third-order valence-corrected chi connectivity index (χ3v) is 13.3. The number of ether oxygens (including phenoxy) is 1. The van der Waals surface area contributed by atoms with Crippen molar-refractivity contribution in [3.63, 3.8) is 0 Å². The number of aliphatic hydroxyl groups excluding tert-OH is 2. The van der Waals surface area contributed by atoms with Crippen molar-refractivity contribution in [2.45, 2.75) is 315 Å². The summed E-state index contributed by atoms with van der Waals surface area (Å²) >= 11 is 0. The van der Waals surface area contributed by atoms with E-state index >= 15 is 0 Å². The van der Waals surface area contributed by atoms with Gasteiger partial charge in [-0.1, -0.05) is 248 Å². The standard InChI is InChI=1S/C62H113NO5/c1-4-7-10-13-16-19-22-25-28-30-33-35-38-41-44-47-50-53-58(68-62(67)55-52-49-46-43-40-37-34-31-29-26-23-20-17-14-11-8-5-2)56-61(66)63-59(57-64)60(65)54-51-48-45-42-39-36-32-27-24-21-18-15-12-9-6-3/h16-17,19-20,25-26,28-29,34,37,58-60,64-65H,4-15,18,21-24,27,30-33,35-36,38-57H2,1-3H3,(H,63,66)/b19-16-,20-17-,28-25-,29-26-,37-34-. The molecule has 3 N–H and O–H groups in total. The van der Waals surface area contributed by atoms with Crippen LogP contribution in [0.3, 0.4) is 0 Å². The van der Waals surface area contributed by atoms with Crippen molar-refractivity contribution >= 4 is 11.9 Å². The molecule has 1 amide bonds. The number of nitrogens with one attached hydrogen (secondary N) is 1. The summed E-state index contributed by atoms with van der Waals surface area (Å²) in [5, 5.41) is 23.9. The zero-order valence-corrected chi connectivity index (χ0v) is 45.2. The zero-order valence-electron chi connectivity index (χ0n) is 45.2. The zero-order chi connectivity index (χ0) is 49.5. The van der Waals surface area contributed by atoms with Gasteiger partial charge in [-0.2, -0.15) is 0 Å². The van der Waals surface area contributed by atoms with Crippen molar-refractivity contribution in [2.75, 3.05) is 6.61 Å². The lowest BCUT2D eigenvalue weighted by atomic mass is 10.0. The van der Waals surface area contributed by atoms with E-state index in [1.54, 1.807) is 0 Å². The van der Waals surface area contributed by atoms with Gasteiger partial charge in [0.05, 0.1) is 25.2 Å². The number of allylic oxidation sites excluding steroid dienone is 10. The topological polar surface area (TPSA) is 95.9 Å². The van der Waals surface area contributed by atoms with Gasteiger partial charge in [0.2, 0.25) is 5.91 Å². The molecule has 68 heavy (non-hydrogen) atoms. The third kappa shape index (κ3) is 50.0. The number of aliphatic hydroxyl groups is 2. The maximum atomic E-state index is 13.3. The molecular weight excluding hydrogens is 839 g/mol. The van der Waals surface area contributed by atoms with Crippen LogP contribution in [-0.2, 0) is 14.3 Å². The number of hydrogen-bond donors (Lipinski definition) is 3. The lowest BCUT2D eigenvalue weighted by Gasteiger charge is -2.24. The molecule has 6 heteroatoms. The van der Waals surface area contributed by atoms with Gasteiger partial charge in [0.1, 0.15) is 6.10 Å². The quantitative estimate of drug-likeness (QED) is 0.0321. The van der Waals surface area contributed by atoms with Crippen LogP contribution >= 0.6 is 0 Å². The van der Waals surface area contributed by atoms with E-state index in [-0.39, 0.29) is 24.9 Å². The first-order chi connectivity index (χ1) is 33.5. The van der Waals surface area contributed by atoms with Crippen molar-refractivity contribution in [1.82, 2.24) is 5.32 Å². The molecule has 6 nitrogen and oxygen atoms in total. The van der Waals surface area contributed by atoms with Gasteiger partial charge in [0.15, 0.2) is 0 Å². The van der Waals surface area contributed by atoms with Crippen LogP contribution in [0, 0.1) is 0 Å². The Balaban J connectivity index is 4.61. The van der Waals surface area contributed by atoms with E-state index in [0.29, 0.717) is 19.3 Å². The van der Waals surface area contributed by atoms with Gasteiger partial charge in [-0.15, -0.1) is 0 Å². The van der Waals surface area contributed by atoms with Crippen LogP contribution in [0.5, 0.6) is 0 Å². The fourth-order valence-corrected chi connectivity index (χ4v) is 8.82. The second kappa shape index (κ2) is 55.5. The van der Waals surface area contributed by atoms with Crippen LogP contribution in [0.4, 0.5) is 0 Å². The number of hydrogen-bond acceptors (Lipinski definition) is 5. The van der Waals surface area contributed by atoms with Gasteiger partial charge in [0, 0.05) is 6.42 Å². The molecule has 0 bridgehead atoms. The molecule has 0 aromatic rings. The van der Waals surface area contributed by atoms with Gasteiger partial charge < -0.3 is 20.3 Å². The minimum Gasteiger partial charge on any atom is -0.462 e. The molecule has 3 unspecified atom stereocenters. The lowest BCUT2D eigenvalue weighted by molar-refractivity contribution is -0.151. The maximum absolute atomic E-state index is 13.3. The van der Waals surface area contributed by atoms with E-state index in [0.717, 1.165) is 96.3 Å². The predicted octanol–water partition coefficient (Wildman–Crippen LogP) is 18.4. The van der Waals surface area contributed by atoms with E-state index in [4.69, 9.17) is 4.74 Å². The first-order valence-corrected chi connectivity index (χ1v) is 29.5. The highest BCUT2D eigenvalue weighted by Gasteiger charge is 2.24. The normalized spacial score (nSPS) is 13.5. The molecule has 0 aliphatic heterocycles. The number of carbonyl (C=O) groups is 2. The summed E-state index contributed by atoms with van der Waals surface area (Å²) < 4.78 is 5.96. The molecule has 0 saturated carbocycles. The van der Waals surface area contributed by atoms with Gasteiger partial charge in [-0.3, -0.25) is 9.59 Å². The van der Waals surface area contributed by atoms with Crippen LogP contribution in [0.25, 0.3) is 0 Å². The average molecular weight is 953 g/mol. The van der Waals surface area contributed by atoms with Crippen molar-refractivity contribution in [2.24, 2.45) is 0 Å². The Bertz CT molecular complexity index is 1210. The summed E-state index contributed by atoms with van der Waals surface area (Å²) in [7, 11) is 0.